The number of thiazole rings is 1. The Bertz CT molecular complexity index is 712. The highest BCUT2D eigenvalue weighted by molar-refractivity contribution is 7.93. The third kappa shape index (κ3) is 3.30. The predicted octanol–water partition coefficient (Wildman–Crippen LogP) is 2.32. The summed E-state index contributed by atoms with van der Waals surface area (Å²) in [6.45, 7) is 1.85. The summed E-state index contributed by atoms with van der Waals surface area (Å²) in [7, 11) is -3.62. The van der Waals surface area contributed by atoms with Gasteiger partial charge in [0.05, 0.1) is 17.4 Å². The van der Waals surface area contributed by atoms with Gasteiger partial charge in [0, 0.05) is 11.1 Å². The van der Waals surface area contributed by atoms with Gasteiger partial charge < -0.3 is 0 Å². The van der Waals surface area contributed by atoms with Crippen molar-refractivity contribution < 1.29 is 8.42 Å². The minimum atomic E-state index is -3.62. The monoisotopic (exact) mass is 293 g/mol. The van der Waals surface area contributed by atoms with Gasteiger partial charge in [-0.3, -0.25) is 4.72 Å². The summed E-state index contributed by atoms with van der Waals surface area (Å²) < 4.78 is 26.6. The Balaban J connectivity index is 2.22. The Morgan fingerprint density at radius 2 is 2.05 bits per heavy atom. The molecule has 1 aromatic carbocycles. The SMILES string of the molecule is Cc1cnc(NS(=O)(=O)c2ccc(CC#N)cc2)s1. The normalized spacial score (nSPS) is 10.9. The van der Waals surface area contributed by atoms with Crippen molar-refractivity contribution in [2.24, 2.45) is 0 Å². The number of aryl methyl sites for hydroxylation is 1. The second-order valence-electron chi connectivity index (χ2n) is 3.86. The molecule has 0 spiro atoms. The third-order valence-corrected chi connectivity index (χ3v) is 4.67. The van der Waals surface area contributed by atoms with E-state index < -0.39 is 10.0 Å². The van der Waals surface area contributed by atoms with E-state index in [1.165, 1.54) is 23.5 Å². The van der Waals surface area contributed by atoms with E-state index in [1.807, 2.05) is 13.0 Å². The molecule has 2 rings (SSSR count). The van der Waals surface area contributed by atoms with Crippen molar-refractivity contribution in [1.82, 2.24) is 4.98 Å². The third-order valence-electron chi connectivity index (χ3n) is 2.36. The van der Waals surface area contributed by atoms with Gasteiger partial charge in [-0.25, -0.2) is 13.4 Å². The highest BCUT2D eigenvalue weighted by Crippen LogP contribution is 2.21. The Morgan fingerprint density at radius 1 is 1.37 bits per heavy atom. The molecule has 0 aliphatic rings. The number of aromatic nitrogens is 1. The lowest BCUT2D eigenvalue weighted by molar-refractivity contribution is 0.601. The molecule has 0 unspecified atom stereocenters. The van der Waals surface area contributed by atoms with Gasteiger partial charge in [0.15, 0.2) is 5.13 Å². The zero-order valence-corrected chi connectivity index (χ0v) is 11.8. The number of sulfonamides is 1. The molecule has 0 fully saturated rings. The number of nitrogens with one attached hydrogen (secondary N) is 1. The minimum Gasteiger partial charge on any atom is -0.255 e. The van der Waals surface area contributed by atoms with Crippen LogP contribution in [0.2, 0.25) is 0 Å². The quantitative estimate of drug-likeness (QED) is 0.937. The highest BCUT2D eigenvalue weighted by atomic mass is 32.2. The first-order valence-corrected chi connectivity index (χ1v) is 7.72. The summed E-state index contributed by atoms with van der Waals surface area (Å²) in [5.41, 5.74) is 0.784. The van der Waals surface area contributed by atoms with E-state index in [4.69, 9.17) is 5.26 Å². The van der Waals surface area contributed by atoms with Crippen LogP contribution >= 0.6 is 11.3 Å². The van der Waals surface area contributed by atoms with E-state index >= 15 is 0 Å². The van der Waals surface area contributed by atoms with Crippen LogP contribution in [-0.4, -0.2) is 13.4 Å². The van der Waals surface area contributed by atoms with E-state index in [2.05, 4.69) is 9.71 Å². The molecule has 1 N–H and O–H groups in total. The molecule has 0 saturated heterocycles. The van der Waals surface area contributed by atoms with Crippen molar-refractivity contribution in [1.29, 1.82) is 5.26 Å². The Hall–Kier alpha value is -1.91. The average molecular weight is 293 g/mol. The van der Waals surface area contributed by atoms with Gasteiger partial charge in [0.2, 0.25) is 0 Å². The molecule has 0 atom stereocenters. The zero-order chi connectivity index (χ0) is 13.9. The molecular formula is C12H11N3O2S2. The molecule has 5 nitrogen and oxygen atoms in total. The summed E-state index contributed by atoms with van der Waals surface area (Å²) in [4.78, 5) is 5.05. The van der Waals surface area contributed by atoms with Crippen LogP contribution in [0.15, 0.2) is 35.4 Å². The molecule has 7 heteroatoms. The molecule has 1 heterocycles. The lowest BCUT2D eigenvalue weighted by Crippen LogP contribution is -2.12. The van der Waals surface area contributed by atoms with Gasteiger partial charge in [-0.15, -0.1) is 11.3 Å². The first kappa shape index (κ1) is 13.5. The van der Waals surface area contributed by atoms with Gasteiger partial charge in [0.1, 0.15) is 0 Å². The number of benzene rings is 1. The second kappa shape index (κ2) is 5.38. The van der Waals surface area contributed by atoms with Crippen LogP contribution in [0.4, 0.5) is 5.13 Å². The van der Waals surface area contributed by atoms with E-state index in [0.717, 1.165) is 10.4 Å². The Kier molecular flexibility index (Phi) is 3.83. The number of anilines is 1. The Morgan fingerprint density at radius 3 is 2.58 bits per heavy atom. The first-order chi connectivity index (χ1) is 9.01. The number of nitrogens with zero attached hydrogens (tertiary/aromatic N) is 2. The van der Waals surface area contributed by atoms with Crippen LogP contribution in [0, 0.1) is 18.3 Å². The molecule has 0 aliphatic heterocycles. The molecule has 0 aliphatic carbocycles. The fourth-order valence-corrected chi connectivity index (χ4v) is 3.36. The molecule has 98 valence electrons. The van der Waals surface area contributed by atoms with Crippen molar-refractivity contribution in [2.75, 3.05) is 4.72 Å². The van der Waals surface area contributed by atoms with Crippen molar-refractivity contribution in [3.63, 3.8) is 0 Å². The van der Waals surface area contributed by atoms with Gasteiger partial charge in [-0.2, -0.15) is 5.26 Å². The van der Waals surface area contributed by atoms with Gasteiger partial charge in [0.25, 0.3) is 10.0 Å². The van der Waals surface area contributed by atoms with Crippen molar-refractivity contribution in [2.45, 2.75) is 18.2 Å². The fourth-order valence-electron chi connectivity index (χ4n) is 1.45. The average Bonchev–Trinajstić information content (AvgIpc) is 2.75. The van der Waals surface area contributed by atoms with Gasteiger partial charge >= 0.3 is 0 Å². The van der Waals surface area contributed by atoms with Crippen LogP contribution in [0.1, 0.15) is 10.4 Å². The molecule has 0 radical (unpaired) electrons. The summed E-state index contributed by atoms with van der Waals surface area (Å²) in [6.07, 6.45) is 1.87. The highest BCUT2D eigenvalue weighted by Gasteiger charge is 2.15. The Labute approximate surface area is 115 Å². The number of hydrogen-bond donors (Lipinski definition) is 1. The minimum absolute atomic E-state index is 0.155. The van der Waals surface area contributed by atoms with E-state index in [9.17, 15) is 8.42 Å². The zero-order valence-electron chi connectivity index (χ0n) is 10.1. The van der Waals surface area contributed by atoms with E-state index in [0.29, 0.717) is 5.13 Å². The lowest BCUT2D eigenvalue weighted by atomic mass is 10.2. The summed E-state index contributed by atoms with van der Waals surface area (Å²) in [6, 6.07) is 8.23. The standard InChI is InChI=1S/C12H11N3O2S2/c1-9-8-14-12(18-9)15-19(16,17)11-4-2-10(3-5-11)6-7-13/h2-5,8H,6H2,1H3,(H,14,15). The van der Waals surface area contributed by atoms with E-state index in [-0.39, 0.29) is 11.3 Å². The van der Waals surface area contributed by atoms with Crippen LogP contribution in [0.25, 0.3) is 0 Å². The molecule has 2 aromatic rings. The van der Waals surface area contributed by atoms with Gasteiger partial charge in [-0.1, -0.05) is 12.1 Å². The van der Waals surface area contributed by atoms with E-state index in [1.54, 1.807) is 18.3 Å². The first-order valence-electron chi connectivity index (χ1n) is 5.42. The molecule has 19 heavy (non-hydrogen) atoms. The summed E-state index contributed by atoms with van der Waals surface area (Å²) >= 11 is 1.28. The predicted molar refractivity (Wildman–Crippen MR) is 73.4 cm³/mol. The number of nitriles is 1. The number of hydrogen-bond acceptors (Lipinski definition) is 5. The molecule has 0 saturated carbocycles. The number of rotatable bonds is 4. The molecule has 1 aromatic heterocycles. The molecule has 0 bridgehead atoms. The van der Waals surface area contributed by atoms with Crippen LogP contribution < -0.4 is 4.72 Å². The maximum Gasteiger partial charge on any atom is 0.263 e. The van der Waals surface area contributed by atoms with Crippen LogP contribution in [0.5, 0.6) is 0 Å². The largest absolute Gasteiger partial charge is 0.263 e. The van der Waals surface area contributed by atoms with Gasteiger partial charge in [-0.05, 0) is 24.6 Å². The maximum absolute atomic E-state index is 12.1. The topological polar surface area (TPSA) is 82.8 Å². The van der Waals surface area contributed by atoms with Crippen molar-refractivity contribution >= 4 is 26.5 Å². The van der Waals surface area contributed by atoms with Crippen LogP contribution in [-0.2, 0) is 16.4 Å². The fraction of sp³-hybridized carbons (Fsp3) is 0.167. The maximum atomic E-state index is 12.1. The van der Waals surface area contributed by atoms with Crippen molar-refractivity contribution in [3.05, 3.63) is 40.9 Å². The summed E-state index contributed by atoms with van der Waals surface area (Å²) in [5, 5.41) is 8.90. The summed E-state index contributed by atoms with van der Waals surface area (Å²) in [5.74, 6) is 0. The smallest absolute Gasteiger partial charge is 0.255 e. The van der Waals surface area contributed by atoms with Crippen LogP contribution in [0.3, 0.4) is 0 Å². The molecular weight excluding hydrogens is 282 g/mol. The second-order valence-corrected chi connectivity index (χ2v) is 6.78. The lowest BCUT2D eigenvalue weighted by Gasteiger charge is -2.05. The van der Waals surface area contributed by atoms with Crippen molar-refractivity contribution in [3.8, 4) is 6.07 Å². The molecule has 0 amide bonds.